The second-order valence-corrected chi connectivity index (χ2v) is 5.47. The Labute approximate surface area is 115 Å². The normalized spacial score (nSPS) is 15.4. The molecule has 100 valence electrons. The van der Waals surface area contributed by atoms with Crippen molar-refractivity contribution in [3.63, 3.8) is 0 Å². The Balaban J connectivity index is 1.92. The van der Waals surface area contributed by atoms with Crippen molar-refractivity contribution >= 4 is 11.6 Å². The molecule has 2 nitrogen and oxygen atoms in total. The maximum Gasteiger partial charge on any atom is 0.123 e. The molecule has 0 bridgehead atoms. The van der Waals surface area contributed by atoms with E-state index in [0.717, 1.165) is 48.4 Å². The zero-order valence-electron chi connectivity index (χ0n) is 11.0. The third kappa shape index (κ3) is 3.89. The first kappa shape index (κ1) is 13.7. The van der Waals surface area contributed by atoms with Crippen LogP contribution < -0.4 is 10.1 Å². The van der Waals surface area contributed by atoms with Crippen molar-refractivity contribution in [2.24, 2.45) is 5.92 Å². The average molecular weight is 268 g/mol. The van der Waals surface area contributed by atoms with Gasteiger partial charge in [0.2, 0.25) is 0 Å². The Bertz CT molecular complexity index is 377. The van der Waals surface area contributed by atoms with Gasteiger partial charge >= 0.3 is 0 Å². The second kappa shape index (κ2) is 7.01. The van der Waals surface area contributed by atoms with E-state index in [1.165, 1.54) is 19.3 Å². The van der Waals surface area contributed by atoms with Crippen LogP contribution in [0.15, 0.2) is 18.2 Å². The number of nitrogens with one attached hydrogen (secondary N) is 1. The number of ether oxygens (including phenoxy) is 1. The summed E-state index contributed by atoms with van der Waals surface area (Å²) in [6.45, 7) is 4.87. The Kier molecular flexibility index (Phi) is 5.33. The largest absolute Gasteiger partial charge is 0.493 e. The lowest BCUT2D eigenvalue weighted by atomic mass is 9.86. The standard InChI is InChI=1S/C15H22ClNO/c1-2-8-17-10-13-9-14(16)6-7-15(13)18-11-12-4-3-5-12/h6-7,9,12,17H,2-5,8,10-11H2,1H3. The van der Waals surface area contributed by atoms with Gasteiger partial charge in [-0.1, -0.05) is 24.9 Å². The molecule has 3 heteroatoms. The van der Waals surface area contributed by atoms with Crippen molar-refractivity contribution in [2.75, 3.05) is 13.2 Å². The summed E-state index contributed by atoms with van der Waals surface area (Å²) in [6.07, 6.45) is 5.13. The Morgan fingerprint density at radius 1 is 1.39 bits per heavy atom. The maximum absolute atomic E-state index is 6.05. The molecule has 1 aliphatic carbocycles. The highest BCUT2D eigenvalue weighted by Gasteiger charge is 2.18. The monoisotopic (exact) mass is 267 g/mol. The summed E-state index contributed by atoms with van der Waals surface area (Å²) in [5, 5.41) is 4.17. The Hall–Kier alpha value is -0.730. The molecule has 0 heterocycles. The van der Waals surface area contributed by atoms with E-state index < -0.39 is 0 Å². The van der Waals surface area contributed by atoms with E-state index in [1.54, 1.807) is 0 Å². The minimum atomic E-state index is 0.761. The predicted molar refractivity (Wildman–Crippen MR) is 76.3 cm³/mol. The Morgan fingerprint density at radius 2 is 2.22 bits per heavy atom. The quantitative estimate of drug-likeness (QED) is 0.754. The fraction of sp³-hybridized carbons (Fsp3) is 0.600. The molecule has 0 aromatic heterocycles. The van der Waals surface area contributed by atoms with Crippen LogP contribution >= 0.6 is 11.6 Å². The zero-order chi connectivity index (χ0) is 12.8. The highest BCUT2D eigenvalue weighted by Crippen LogP contribution is 2.29. The third-order valence-corrected chi connectivity index (χ3v) is 3.70. The van der Waals surface area contributed by atoms with E-state index in [9.17, 15) is 0 Å². The summed E-state index contributed by atoms with van der Waals surface area (Å²) in [6, 6.07) is 5.89. The molecule has 1 saturated carbocycles. The average Bonchev–Trinajstić information content (AvgIpc) is 2.30. The number of benzene rings is 1. The van der Waals surface area contributed by atoms with Crippen LogP contribution in [-0.2, 0) is 6.54 Å². The summed E-state index contributed by atoms with van der Waals surface area (Å²) < 4.78 is 5.93. The first-order valence-electron chi connectivity index (χ1n) is 6.91. The van der Waals surface area contributed by atoms with Crippen LogP contribution in [0.1, 0.15) is 38.2 Å². The maximum atomic E-state index is 6.05. The van der Waals surface area contributed by atoms with E-state index in [1.807, 2.05) is 18.2 Å². The summed E-state index contributed by atoms with van der Waals surface area (Å²) in [5.74, 6) is 1.74. The van der Waals surface area contributed by atoms with Crippen LogP contribution in [0.5, 0.6) is 5.75 Å². The molecule has 0 unspecified atom stereocenters. The van der Waals surface area contributed by atoms with Crippen LogP contribution in [0.4, 0.5) is 0 Å². The van der Waals surface area contributed by atoms with E-state index in [0.29, 0.717) is 0 Å². The van der Waals surface area contributed by atoms with E-state index in [4.69, 9.17) is 16.3 Å². The van der Waals surface area contributed by atoms with Gasteiger partial charge in [0.25, 0.3) is 0 Å². The first-order chi connectivity index (χ1) is 8.79. The third-order valence-electron chi connectivity index (χ3n) is 3.46. The molecule has 0 amide bonds. The van der Waals surface area contributed by atoms with Crippen molar-refractivity contribution in [1.29, 1.82) is 0 Å². The smallest absolute Gasteiger partial charge is 0.123 e. The SMILES string of the molecule is CCCNCc1cc(Cl)ccc1OCC1CCC1. The van der Waals surface area contributed by atoms with Crippen molar-refractivity contribution in [3.05, 3.63) is 28.8 Å². The van der Waals surface area contributed by atoms with Crippen LogP contribution in [-0.4, -0.2) is 13.2 Å². The molecule has 0 spiro atoms. The molecule has 1 fully saturated rings. The lowest BCUT2D eigenvalue weighted by molar-refractivity contribution is 0.179. The van der Waals surface area contributed by atoms with Gasteiger partial charge in [0, 0.05) is 17.1 Å². The molecule has 1 aromatic rings. The van der Waals surface area contributed by atoms with Gasteiger partial charge in [-0.05, 0) is 49.9 Å². The van der Waals surface area contributed by atoms with Crippen LogP contribution in [0.3, 0.4) is 0 Å². The van der Waals surface area contributed by atoms with Gasteiger partial charge in [0.15, 0.2) is 0 Å². The fourth-order valence-electron chi connectivity index (χ4n) is 2.09. The van der Waals surface area contributed by atoms with Gasteiger partial charge in [-0.2, -0.15) is 0 Å². The zero-order valence-corrected chi connectivity index (χ0v) is 11.8. The minimum absolute atomic E-state index is 0.761. The van der Waals surface area contributed by atoms with Crippen molar-refractivity contribution < 1.29 is 4.74 Å². The number of rotatable bonds is 7. The highest BCUT2D eigenvalue weighted by molar-refractivity contribution is 6.30. The number of hydrogen-bond acceptors (Lipinski definition) is 2. The molecule has 0 aliphatic heterocycles. The van der Waals surface area contributed by atoms with Crippen molar-refractivity contribution in [1.82, 2.24) is 5.32 Å². The van der Waals surface area contributed by atoms with Gasteiger partial charge in [-0.3, -0.25) is 0 Å². The van der Waals surface area contributed by atoms with E-state index >= 15 is 0 Å². The summed E-state index contributed by atoms with van der Waals surface area (Å²) in [4.78, 5) is 0. The molecule has 18 heavy (non-hydrogen) atoms. The van der Waals surface area contributed by atoms with Gasteiger partial charge in [0.05, 0.1) is 6.61 Å². The number of hydrogen-bond donors (Lipinski definition) is 1. The number of halogens is 1. The lowest BCUT2D eigenvalue weighted by Crippen LogP contribution is -2.20. The fourth-order valence-corrected chi connectivity index (χ4v) is 2.29. The highest BCUT2D eigenvalue weighted by atomic mass is 35.5. The van der Waals surface area contributed by atoms with Crippen LogP contribution in [0.25, 0.3) is 0 Å². The van der Waals surface area contributed by atoms with Crippen molar-refractivity contribution in [2.45, 2.75) is 39.2 Å². The van der Waals surface area contributed by atoms with Gasteiger partial charge in [0.1, 0.15) is 5.75 Å². The molecule has 1 N–H and O–H groups in total. The van der Waals surface area contributed by atoms with Gasteiger partial charge in [-0.15, -0.1) is 0 Å². The minimum Gasteiger partial charge on any atom is -0.493 e. The van der Waals surface area contributed by atoms with Crippen LogP contribution in [0, 0.1) is 5.92 Å². The molecular weight excluding hydrogens is 246 g/mol. The molecule has 0 atom stereocenters. The molecule has 1 aromatic carbocycles. The topological polar surface area (TPSA) is 21.3 Å². The lowest BCUT2D eigenvalue weighted by Gasteiger charge is -2.25. The summed E-state index contributed by atoms with van der Waals surface area (Å²) in [7, 11) is 0. The molecular formula is C15H22ClNO. The van der Waals surface area contributed by atoms with Gasteiger partial charge in [-0.25, -0.2) is 0 Å². The second-order valence-electron chi connectivity index (χ2n) is 5.04. The van der Waals surface area contributed by atoms with Gasteiger partial charge < -0.3 is 10.1 Å². The predicted octanol–water partition coefficient (Wildman–Crippen LogP) is 4.02. The van der Waals surface area contributed by atoms with E-state index in [-0.39, 0.29) is 0 Å². The Morgan fingerprint density at radius 3 is 2.89 bits per heavy atom. The molecule has 0 saturated heterocycles. The van der Waals surface area contributed by atoms with Crippen LogP contribution in [0.2, 0.25) is 5.02 Å². The molecule has 2 rings (SSSR count). The van der Waals surface area contributed by atoms with E-state index in [2.05, 4.69) is 12.2 Å². The summed E-state index contributed by atoms with van der Waals surface area (Å²) in [5.41, 5.74) is 1.16. The molecule has 1 aliphatic rings. The van der Waals surface area contributed by atoms with Crippen molar-refractivity contribution in [3.8, 4) is 5.75 Å². The summed E-state index contributed by atoms with van der Waals surface area (Å²) >= 11 is 6.05. The first-order valence-corrected chi connectivity index (χ1v) is 7.29. The molecule has 0 radical (unpaired) electrons.